The number of hydrogen-bond acceptors (Lipinski definition) is 9. The Morgan fingerprint density at radius 3 is 2.12 bits per heavy atom. The average Bonchev–Trinajstić information content (AvgIpc) is 3.95. The molecule has 4 amide bonds. The van der Waals surface area contributed by atoms with Crippen LogP contribution in [-0.2, 0) is 25.5 Å². The first-order valence-electron chi connectivity index (χ1n) is 16.0. The van der Waals surface area contributed by atoms with Gasteiger partial charge in [-0.3, -0.25) is 19.2 Å². The highest BCUT2D eigenvalue weighted by atomic mass is 16.5. The third-order valence-electron chi connectivity index (χ3n) is 7.62. The first-order valence-corrected chi connectivity index (χ1v) is 16.0. The molecule has 13 nitrogen and oxygen atoms in total. The van der Waals surface area contributed by atoms with Crippen LogP contribution in [0.3, 0.4) is 0 Å². The summed E-state index contributed by atoms with van der Waals surface area (Å²) in [7, 11) is 0. The molecule has 5 rings (SSSR count). The van der Waals surface area contributed by atoms with Crippen molar-refractivity contribution in [2.75, 3.05) is 70.0 Å². The molecule has 0 atom stereocenters. The third kappa shape index (κ3) is 10.1. The van der Waals surface area contributed by atoms with Gasteiger partial charge in [0, 0.05) is 48.1 Å². The largest absolute Gasteiger partial charge is 0.482 e. The molecular weight excluding hydrogens is 618 g/mol. The molecule has 13 heteroatoms. The van der Waals surface area contributed by atoms with Gasteiger partial charge in [0.05, 0.1) is 45.3 Å². The SMILES string of the molecule is NCCOCCOCCOCCNC(=O)c1ccc(NC(=O)c2ccc(CN(C(=O)c3ccc4c(c3)OCC(=O)N4)C3CC3)cc2)cc1. The molecule has 0 aromatic heterocycles. The summed E-state index contributed by atoms with van der Waals surface area (Å²) in [6.07, 6.45) is 1.87. The lowest BCUT2D eigenvalue weighted by atomic mass is 10.1. The second kappa shape index (κ2) is 17.4. The fourth-order valence-electron chi connectivity index (χ4n) is 4.96. The van der Waals surface area contributed by atoms with Crippen molar-refractivity contribution in [2.45, 2.75) is 25.4 Å². The Morgan fingerprint density at radius 1 is 0.812 bits per heavy atom. The number of hydrogen-bond donors (Lipinski definition) is 4. The molecule has 1 aliphatic carbocycles. The fraction of sp³-hybridized carbons (Fsp3) is 0.371. The normalized spacial score (nSPS) is 13.6. The number of nitrogens with two attached hydrogens (primary N) is 1. The van der Waals surface area contributed by atoms with Crippen LogP contribution in [0.5, 0.6) is 5.75 Å². The lowest BCUT2D eigenvalue weighted by molar-refractivity contribution is -0.118. The van der Waals surface area contributed by atoms with Crippen LogP contribution in [0.15, 0.2) is 66.7 Å². The van der Waals surface area contributed by atoms with E-state index in [0.717, 1.165) is 18.4 Å². The van der Waals surface area contributed by atoms with Crippen molar-refractivity contribution in [1.82, 2.24) is 10.2 Å². The van der Waals surface area contributed by atoms with Crippen molar-refractivity contribution >= 4 is 35.0 Å². The lowest BCUT2D eigenvalue weighted by Crippen LogP contribution is -2.33. The van der Waals surface area contributed by atoms with Gasteiger partial charge in [-0.05, 0) is 73.0 Å². The predicted molar refractivity (Wildman–Crippen MR) is 178 cm³/mol. The van der Waals surface area contributed by atoms with Crippen LogP contribution < -0.4 is 26.4 Å². The van der Waals surface area contributed by atoms with E-state index in [4.69, 9.17) is 24.7 Å². The maximum atomic E-state index is 13.4. The molecule has 1 heterocycles. The molecule has 48 heavy (non-hydrogen) atoms. The van der Waals surface area contributed by atoms with Crippen molar-refractivity contribution in [3.05, 3.63) is 89.0 Å². The minimum Gasteiger partial charge on any atom is -0.482 e. The van der Waals surface area contributed by atoms with E-state index in [1.807, 2.05) is 17.0 Å². The highest BCUT2D eigenvalue weighted by molar-refractivity contribution is 6.04. The van der Waals surface area contributed by atoms with E-state index in [0.29, 0.717) is 93.1 Å². The Hall–Kier alpha value is -4.82. The lowest BCUT2D eigenvalue weighted by Gasteiger charge is -2.24. The van der Waals surface area contributed by atoms with E-state index >= 15 is 0 Å². The number of rotatable bonds is 18. The van der Waals surface area contributed by atoms with Crippen molar-refractivity contribution in [2.24, 2.45) is 5.73 Å². The molecule has 1 aliphatic heterocycles. The second-order valence-corrected chi connectivity index (χ2v) is 11.3. The molecule has 0 bridgehead atoms. The van der Waals surface area contributed by atoms with Crippen LogP contribution >= 0.6 is 0 Å². The van der Waals surface area contributed by atoms with Crippen molar-refractivity contribution in [1.29, 1.82) is 0 Å². The van der Waals surface area contributed by atoms with E-state index in [9.17, 15) is 19.2 Å². The van der Waals surface area contributed by atoms with Gasteiger partial charge in [0.2, 0.25) is 0 Å². The number of fused-ring (bicyclic) bond motifs is 1. The number of amides is 4. The van der Waals surface area contributed by atoms with Crippen LogP contribution in [0.1, 0.15) is 49.5 Å². The van der Waals surface area contributed by atoms with Gasteiger partial charge in [-0.2, -0.15) is 0 Å². The Bertz CT molecular complexity index is 1560. The van der Waals surface area contributed by atoms with Crippen molar-refractivity contribution in [3.8, 4) is 5.75 Å². The Kier molecular flexibility index (Phi) is 12.5. The second-order valence-electron chi connectivity index (χ2n) is 11.3. The molecular formula is C35H41N5O8. The number of carbonyl (C=O) groups is 4. The highest BCUT2D eigenvalue weighted by Gasteiger charge is 2.33. The topological polar surface area (TPSA) is 171 Å². The summed E-state index contributed by atoms with van der Waals surface area (Å²) in [6.45, 7) is 3.84. The van der Waals surface area contributed by atoms with Crippen LogP contribution in [-0.4, -0.2) is 93.9 Å². The van der Waals surface area contributed by atoms with Gasteiger partial charge < -0.3 is 45.5 Å². The number of carbonyl (C=O) groups excluding carboxylic acids is 4. The molecule has 254 valence electrons. The summed E-state index contributed by atoms with van der Waals surface area (Å²) in [4.78, 5) is 52.2. The summed E-state index contributed by atoms with van der Waals surface area (Å²) in [5.41, 5.74) is 8.75. The quantitative estimate of drug-likeness (QED) is 0.150. The summed E-state index contributed by atoms with van der Waals surface area (Å²) in [6, 6.07) is 19.0. The molecule has 2 aliphatic rings. The Labute approximate surface area is 279 Å². The summed E-state index contributed by atoms with van der Waals surface area (Å²) < 4.78 is 21.5. The minimum atomic E-state index is -0.292. The zero-order chi connectivity index (χ0) is 33.7. The Morgan fingerprint density at radius 2 is 1.44 bits per heavy atom. The summed E-state index contributed by atoms with van der Waals surface area (Å²) >= 11 is 0. The average molecular weight is 660 g/mol. The molecule has 3 aromatic carbocycles. The zero-order valence-corrected chi connectivity index (χ0v) is 26.7. The maximum Gasteiger partial charge on any atom is 0.262 e. The number of benzene rings is 3. The molecule has 1 saturated carbocycles. The van der Waals surface area contributed by atoms with E-state index in [-0.39, 0.29) is 36.3 Å². The first-order chi connectivity index (χ1) is 23.4. The van der Waals surface area contributed by atoms with Gasteiger partial charge in [0.15, 0.2) is 6.61 Å². The standard InChI is InChI=1S/C35H41N5O8/c36-13-15-45-17-19-47-20-18-46-16-14-37-33(42)25-5-8-28(9-6-25)38-34(43)26-3-1-24(2-4-26)22-40(29-10-11-29)35(44)27-7-12-30-31(21-27)48-23-32(41)39-30/h1-9,12,21,29H,10-11,13-20,22-23,36H2,(H,37,42)(H,38,43)(H,39,41). The highest BCUT2D eigenvalue weighted by Crippen LogP contribution is 2.33. The van der Waals surface area contributed by atoms with Gasteiger partial charge in [0.1, 0.15) is 5.75 Å². The number of anilines is 2. The van der Waals surface area contributed by atoms with Gasteiger partial charge in [-0.15, -0.1) is 0 Å². The monoisotopic (exact) mass is 659 g/mol. The van der Waals surface area contributed by atoms with Gasteiger partial charge in [-0.1, -0.05) is 12.1 Å². The maximum absolute atomic E-state index is 13.4. The minimum absolute atomic E-state index is 0.0816. The fourth-order valence-corrected chi connectivity index (χ4v) is 4.96. The smallest absolute Gasteiger partial charge is 0.262 e. The Balaban J connectivity index is 1.04. The van der Waals surface area contributed by atoms with Gasteiger partial charge in [0.25, 0.3) is 23.6 Å². The van der Waals surface area contributed by atoms with Gasteiger partial charge in [-0.25, -0.2) is 0 Å². The van der Waals surface area contributed by atoms with E-state index in [2.05, 4.69) is 16.0 Å². The number of nitrogens with zero attached hydrogens (tertiary/aromatic N) is 1. The predicted octanol–water partition coefficient (Wildman–Crippen LogP) is 2.81. The summed E-state index contributed by atoms with van der Waals surface area (Å²) in [5.74, 6) is -0.401. The first kappa shape index (κ1) is 34.5. The van der Waals surface area contributed by atoms with Crippen LogP contribution in [0, 0.1) is 0 Å². The molecule has 0 radical (unpaired) electrons. The van der Waals surface area contributed by atoms with Crippen molar-refractivity contribution in [3.63, 3.8) is 0 Å². The van der Waals surface area contributed by atoms with E-state index in [1.54, 1.807) is 54.6 Å². The third-order valence-corrected chi connectivity index (χ3v) is 7.62. The van der Waals surface area contributed by atoms with E-state index in [1.165, 1.54) is 0 Å². The molecule has 0 saturated heterocycles. The van der Waals surface area contributed by atoms with Gasteiger partial charge >= 0.3 is 0 Å². The molecule has 1 fully saturated rings. The molecule has 3 aromatic rings. The zero-order valence-electron chi connectivity index (χ0n) is 26.7. The van der Waals surface area contributed by atoms with Crippen LogP contribution in [0.25, 0.3) is 0 Å². The number of nitrogens with one attached hydrogen (secondary N) is 3. The molecule has 5 N–H and O–H groups in total. The van der Waals surface area contributed by atoms with E-state index < -0.39 is 0 Å². The molecule has 0 unspecified atom stereocenters. The summed E-state index contributed by atoms with van der Waals surface area (Å²) in [5, 5.41) is 8.39. The number of ether oxygens (including phenoxy) is 4. The van der Waals surface area contributed by atoms with Crippen LogP contribution in [0.4, 0.5) is 11.4 Å². The molecule has 0 spiro atoms. The van der Waals surface area contributed by atoms with Crippen LogP contribution in [0.2, 0.25) is 0 Å². The van der Waals surface area contributed by atoms with Crippen molar-refractivity contribution < 1.29 is 38.1 Å².